The Kier molecular flexibility index (Phi) is 3.78. The molecule has 0 aliphatic heterocycles. The average molecular weight is 235 g/mol. The summed E-state index contributed by atoms with van der Waals surface area (Å²) in [4.78, 5) is 0.394. The van der Waals surface area contributed by atoms with Crippen molar-refractivity contribution < 1.29 is 0 Å². The Morgan fingerprint density at radius 3 is 2.69 bits per heavy atom. The molecule has 0 aliphatic carbocycles. The molecule has 1 aromatic rings. The Morgan fingerprint density at radius 2 is 2.15 bits per heavy atom. The van der Waals surface area contributed by atoms with Crippen LogP contribution < -0.4 is 11.1 Å². The number of benzene rings is 1. The van der Waals surface area contributed by atoms with Gasteiger partial charge in [0.25, 0.3) is 0 Å². The number of halogens is 2. The van der Waals surface area contributed by atoms with Gasteiger partial charge in [0.15, 0.2) is 0 Å². The zero-order chi connectivity index (χ0) is 9.84. The van der Waals surface area contributed by atoms with Crippen molar-refractivity contribution in [2.75, 3.05) is 11.9 Å². The van der Waals surface area contributed by atoms with Gasteiger partial charge < -0.3 is 11.1 Å². The van der Waals surface area contributed by atoms with Crippen LogP contribution in [-0.4, -0.2) is 11.5 Å². The van der Waals surface area contributed by atoms with Crippen LogP contribution in [0.2, 0.25) is 10.0 Å². The summed E-state index contributed by atoms with van der Waals surface area (Å²) in [6, 6.07) is 5.18. The molecule has 0 spiro atoms. The Labute approximate surface area is 92.0 Å². The van der Waals surface area contributed by atoms with Crippen LogP contribution in [0, 0.1) is 0 Å². The summed E-state index contributed by atoms with van der Waals surface area (Å²) < 4.78 is 0. The third-order valence-electron chi connectivity index (χ3n) is 1.38. The Bertz CT molecular complexity index is 328. The lowest BCUT2D eigenvalue weighted by Crippen LogP contribution is -2.19. The monoisotopic (exact) mass is 234 g/mol. The van der Waals surface area contributed by atoms with Crippen molar-refractivity contribution in [1.29, 1.82) is 0 Å². The highest BCUT2D eigenvalue weighted by Crippen LogP contribution is 2.24. The van der Waals surface area contributed by atoms with Crippen LogP contribution in [0.15, 0.2) is 18.2 Å². The largest absolute Gasteiger partial charge is 0.392 e. The van der Waals surface area contributed by atoms with Gasteiger partial charge in [0, 0.05) is 5.02 Å². The van der Waals surface area contributed by atoms with Crippen molar-refractivity contribution in [3.8, 4) is 0 Å². The maximum atomic E-state index is 5.88. The van der Waals surface area contributed by atoms with E-state index < -0.39 is 0 Å². The van der Waals surface area contributed by atoms with Crippen LogP contribution in [0.5, 0.6) is 0 Å². The van der Waals surface area contributed by atoms with E-state index in [1.807, 2.05) is 0 Å². The molecule has 1 aromatic carbocycles. The van der Waals surface area contributed by atoms with Crippen molar-refractivity contribution in [3.63, 3.8) is 0 Å². The fourth-order valence-electron chi connectivity index (χ4n) is 0.815. The minimum atomic E-state index is 0.394. The number of hydrogen-bond donors (Lipinski definition) is 2. The molecule has 0 atom stereocenters. The highest BCUT2D eigenvalue weighted by molar-refractivity contribution is 7.80. The van der Waals surface area contributed by atoms with Gasteiger partial charge in [-0.15, -0.1) is 0 Å². The molecule has 70 valence electrons. The number of nitrogens with one attached hydrogen (secondary N) is 1. The van der Waals surface area contributed by atoms with Gasteiger partial charge in [-0.1, -0.05) is 35.4 Å². The second-order valence-corrected chi connectivity index (χ2v) is 3.81. The SMILES string of the molecule is NC(=S)CNc1ccc(Cl)cc1Cl. The Hall–Kier alpha value is -0.510. The van der Waals surface area contributed by atoms with E-state index in [1.54, 1.807) is 18.2 Å². The lowest BCUT2D eigenvalue weighted by Gasteiger charge is -2.06. The lowest BCUT2D eigenvalue weighted by molar-refractivity contribution is 1.38. The maximum absolute atomic E-state index is 5.88. The molecule has 0 fully saturated rings. The molecule has 0 aliphatic rings. The van der Waals surface area contributed by atoms with Gasteiger partial charge in [0.1, 0.15) is 0 Å². The molecule has 0 saturated heterocycles. The zero-order valence-electron chi connectivity index (χ0n) is 6.68. The minimum absolute atomic E-state index is 0.394. The Balaban J connectivity index is 2.72. The van der Waals surface area contributed by atoms with Crippen LogP contribution in [0.25, 0.3) is 0 Å². The summed E-state index contributed by atoms with van der Waals surface area (Å²) in [6.07, 6.45) is 0. The third-order valence-corrected chi connectivity index (χ3v) is 2.08. The van der Waals surface area contributed by atoms with Crippen molar-refractivity contribution >= 4 is 46.1 Å². The molecule has 3 N–H and O–H groups in total. The summed E-state index contributed by atoms with van der Waals surface area (Å²) in [5.41, 5.74) is 6.10. The summed E-state index contributed by atoms with van der Waals surface area (Å²) in [5, 5.41) is 4.14. The first kappa shape index (κ1) is 10.6. The molecule has 0 radical (unpaired) electrons. The van der Waals surface area contributed by atoms with Crippen LogP contribution in [0.1, 0.15) is 0 Å². The van der Waals surface area contributed by atoms with Crippen molar-refractivity contribution in [2.24, 2.45) is 5.73 Å². The molecule has 2 nitrogen and oxygen atoms in total. The normalized spacial score (nSPS) is 9.69. The summed E-state index contributed by atoms with van der Waals surface area (Å²) in [5.74, 6) is 0. The number of thiocarbonyl (C=S) groups is 1. The van der Waals surface area contributed by atoms with Crippen LogP contribution >= 0.6 is 35.4 Å². The molecule has 0 bridgehead atoms. The molecule has 1 rings (SSSR count). The molecule has 0 amide bonds. The molecular formula is C8H8Cl2N2S. The predicted molar refractivity (Wildman–Crippen MR) is 61.7 cm³/mol. The molecule has 13 heavy (non-hydrogen) atoms. The summed E-state index contributed by atoms with van der Waals surface area (Å²) in [6.45, 7) is 0.427. The first-order valence-electron chi connectivity index (χ1n) is 3.57. The first-order valence-corrected chi connectivity index (χ1v) is 4.73. The number of anilines is 1. The summed E-state index contributed by atoms with van der Waals surface area (Å²) >= 11 is 16.3. The molecular weight excluding hydrogens is 227 g/mol. The number of rotatable bonds is 3. The van der Waals surface area contributed by atoms with E-state index in [9.17, 15) is 0 Å². The highest BCUT2D eigenvalue weighted by Gasteiger charge is 1.99. The summed E-state index contributed by atoms with van der Waals surface area (Å²) in [7, 11) is 0. The van der Waals surface area contributed by atoms with Crippen molar-refractivity contribution in [3.05, 3.63) is 28.2 Å². The van der Waals surface area contributed by atoms with Crippen molar-refractivity contribution in [2.45, 2.75) is 0 Å². The third kappa shape index (κ3) is 3.38. The zero-order valence-corrected chi connectivity index (χ0v) is 9.01. The van der Waals surface area contributed by atoms with Crippen LogP contribution in [0.4, 0.5) is 5.69 Å². The molecule has 0 saturated carbocycles. The highest BCUT2D eigenvalue weighted by atomic mass is 35.5. The molecule has 0 heterocycles. The van der Waals surface area contributed by atoms with E-state index in [0.29, 0.717) is 21.6 Å². The van der Waals surface area contributed by atoms with Gasteiger partial charge in [-0.2, -0.15) is 0 Å². The standard InChI is InChI=1S/C8H8Cl2N2S/c9-5-1-2-7(6(10)3-5)12-4-8(11)13/h1-3,12H,4H2,(H2,11,13). The fourth-order valence-corrected chi connectivity index (χ4v) is 1.36. The van der Waals surface area contributed by atoms with E-state index in [-0.39, 0.29) is 0 Å². The average Bonchev–Trinajstić information content (AvgIpc) is 2.02. The number of hydrogen-bond acceptors (Lipinski definition) is 2. The van der Waals surface area contributed by atoms with Gasteiger partial charge in [0.05, 0.1) is 22.2 Å². The molecule has 5 heteroatoms. The second-order valence-electron chi connectivity index (χ2n) is 2.44. The van der Waals surface area contributed by atoms with Gasteiger partial charge in [-0.05, 0) is 18.2 Å². The second kappa shape index (κ2) is 4.65. The maximum Gasteiger partial charge on any atom is 0.0921 e. The van der Waals surface area contributed by atoms with Crippen molar-refractivity contribution in [1.82, 2.24) is 0 Å². The lowest BCUT2D eigenvalue weighted by atomic mass is 10.3. The minimum Gasteiger partial charge on any atom is -0.392 e. The Morgan fingerprint density at radius 1 is 1.46 bits per heavy atom. The quantitative estimate of drug-likeness (QED) is 0.791. The van der Waals surface area contributed by atoms with E-state index in [4.69, 9.17) is 41.2 Å². The van der Waals surface area contributed by atoms with Crippen LogP contribution in [-0.2, 0) is 0 Å². The molecule has 0 aromatic heterocycles. The molecule has 0 unspecified atom stereocenters. The van der Waals surface area contributed by atoms with Gasteiger partial charge in [-0.25, -0.2) is 0 Å². The predicted octanol–water partition coefficient (Wildman–Crippen LogP) is 2.69. The van der Waals surface area contributed by atoms with Crippen LogP contribution in [0.3, 0.4) is 0 Å². The van der Waals surface area contributed by atoms with Gasteiger partial charge in [0.2, 0.25) is 0 Å². The fraction of sp³-hybridized carbons (Fsp3) is 0.125. The van der Waals surface area contributed by atoms with E-state index in [0.717, 1.165) is 5.69 Å². The van der Waals surface area contributed by atoms with Gasteiger partial charge in [-0.3, -0.25) is 0 Å². The van der Waals surface area contributed by atoms with E-state index >= 15 is 0 Å². The van der Waals surface area contributed by atoms with E-state index in [2.05, 4.69) is 5.32 Å². The van der Waals surface area contributed by atoms with E-state index in [1.165, 1.54) is 0 Å². The first-order chi connectivity index (χ1) is 6.09. The van der Waals surface area contributed by atoms with Gasteiger partial charge >= 0.3 is 0 Å². The number of nitrogens with two attached hydrogens (primary N) is 1. The smallest absolute Gasteiger partial charge is 0.0921 e. The topological polar surface area (TPSA) is 38.0 Å².